The van der Waals surface area contributed by atoms with Crippen molar-refractivity contribution in [2.75, 3.05) is 6.54 Å². The first-order valence-corrected chi connectivity index (χ1v) is 11.8. The molecule has 7 heteroatoms. The number of sulfonamides is 1. The van der Waals surface area contributed by atoms with Crippen molar-refractivity contribution in [1.82, 2.24) is 9.62 Å². The molecule has 2 aromatic carbocycles. The summed E-state index contributed by atoms with van der Waals surface area (Å²) in [7, 11) is -3.80. The largest absolute Gasteiger partial charge is 0.348 e. The van der Waals surface area contributed by atoms with Crippen LogP contribution in [-0.4, -0.2) is 31.2 Å². The number of hydrogen-bond acceptors (Lipinski definition) is 3. The summed E-state index contributed by atoms with van der Waals surface area (Å²) >= 11 is 5.92. The lowest BCUT2D eigenvalue weighted by Crippen LogP contribution is -2.47. The van der Waals surface area contributed by atoms with E-state index in [-0.39, 0.29) is 29.4 Å². The summed E-state index contributed by atoms with van der Waals surface area (Å²) < 4.78 is 28.1. The van der Waals surface area contributed by atoms with Gasteiger partial charge in [-0.3, -0.25) is 4.79 Å². The fraction of sp³-hybridized carbons (Fsp3) is 0.409. The van der Waals surface area contributed by atoms with Gasteiger partial charge in [-0.2, -0.15) is 4.31 Å². The fourth-order valence-corrected chi connectivity index (χ4v) is 5.54. The number of hydrogen-bond donors (Lipinski definition) is 1. The van der Waals surface area contributed by atoms with Gasteiger partial charge in [-0.25, -0.2) is 8.42 Å². The molecule has 29 heavy (non-hydrogen) atoms. The van der Waals surface area contributed by atoms with E-state index < -0.39 is 10.0 Å². The fourth-order valence-electron chi connectivity index (χ4n) is 3.78. The third kappa shape index (κ3) is 5.59. The average Bonchev–Trinajstić information content (AvgIpc) is 2.73. The van der Waals surface area contributed by atoms with Crippen LogP contribution in [0.1, 0.15) is 50.6 Å². The van der Waals surface area contributed by atoms with Crippen molar-refractivity contribution < 1.29 is 13.2 Å². The van der Waals surface area contributed by atoms with E-state index in [9.17, 15) is 13.2 Å². The zero-order valence-corrected chi connectivity index (χ0v) is 18.1. The van der Waals surface area contributed by atoms with E-state index >= 15 is 0 Å². The smallest absolute Gasteiger partial charge is 0.243 e. The van der Waals surface area contributed by atoms with Crippen molar-refractivity contribution in [3.63, 3.8) is 0 Å². The standard InChI is InChI=1S/C22H27ClN2O3S/c1-17(18-8-4-2-5-9-18)24-22(26)16-25(20-10-6-3-7-11-20)29(27,28)21-14-12-19(23)13-15-21/h2,4-5,8-9,12-15,17,20H,3,6-7,10-11,16H2,1H3,(H,24,26)/t17-/m1/s1. The molecule has 0 unspecified atom stereocenters. The van der Waals surface area contributed by atoms with Gasteiger partial charge in [-0.15, -0.1) is 0 Å². The molecule has 2 aromatic rings. The van der Waals surface area contributed by atoms with E-state index in [4.69, 9.17) is 11.6 Å². The van der Waals surface area contributed by atoms with Crippen LogP contribution >= 0.6 is 11.6 Å². The molecule has 5 nitrogen and oxygen atoms in total. The molecule has 3 rings (SSSR count). The van der Waals surface area contributed by atoms with Gasteiger partial charge in [-0.05, 0) is 49.6 Å². The predicted molar refractivity (Wildman–Crippen MR) is 115 cm³/mol. The van der Waals surface area contributed by atoms with E-state index in [2.05, 4.69) is 5.32 Å². The van der Waals surface area contributed by atoms with Crippen LogP contribution in [-0.2, 0) is 14.8 Å². The first-order valence-electron chi connectivity index (χ1n) is 9.99. The van der Waals surface area contributed by atoms with Gasteiger partial charge >= 0.3 is 0 Å². The number of rotatable bonds is 7. The van der Waals surface area contributed by atoms with Gasteiger partial charge in [-0.1, -0.05) is 61.2 Å². The third-order valence-electron chi connectivity index (χ3n) is 5.38. The van der Waals surface area contributed by atoms with Crippen LogP contribution in [0.4, 0.5) is 0 Å². The van der Waals surface area contributed by atoms with Crippen LogP contribution in [0.2, 0.25) is 5.02 Å². The van der Waals surface area contributed by atoms with Crippen LogP contribution in [0.25, 0.3) is 0 Å². The second kappa shape index (κ2) is 9.74. The summed E-state index contributed by atoms with van der Waals surface area (Å²) in [4.78, 5) is 12.9. The number of amides is 1. The summed E-state index contributed by atoms with van der Waals surface area (Å²) in [5.74, 6) is -0.301. The number of halogens is 1. The first-order chi connectivity index (χ1) is 13.9. The van der Waals surface area contributed by atoms with Crippen LogP contribution in [0.3, 0.4) is 0 Å². The Kier molecular flexibility index (Phi) is 7.33. The topological polar surface area (TPSA) is 66.5 Å². The monoisotopic (exact) mass is 434 g/mol. The van der Waals surface area contributed by atoms with Crippen molar-refractivity contribution in [1.29, 1.82) is 0 Å². The van der Waals surface area contributed by atoms with Crippen molar-refractivity contribution in [3.8, 4) is 0 Å². The molecule has 0 radical (unpaired) electrons. The number of carbonyl (C=O) groups is 1. The van der Waals surface area contributed by atoms with E-state index in [1.54, 1.807) is 12.1 Å². The van der Waals surface area contributed by atoms with Gasteiger partial charge in [0.2, 0.25) is 15.9 Å². The Morgan fingerprint density at radius 1 is 1.07 bits per heavy atom. The second-order valence-corrected chi connectivity index (χ2v) is 9.82. The Morgan fingerprint density at radius 3 is 2.31 bits per heavy atom. The predicted octanol–water partition coefficient (Wildman–Crippen LogP) is 4.54. The minimum absolute atomic E-state index is 0.163. The SMILES string of the molecule is C[C@@H](NC(=O)CN(C1CCCCC1)S(=O)(=O)c1ccc(Cl)cc1)c1ccccc1. The van der Waals surface area contributed by atoms with Crippen LogP contribution in [0.15, 0.2) is 59.5 Å². The third-order valence-corrected chi connectivity index (χ3v) is 7.54. The molecule has 1 saturated carbocycles. The van der Waals surface area contributed by atoms with E-state index in [1.807, 2.05) is 37.3 Å². The lowest BCUT2D eigenvalue weighted by Gasteiger charge is -2.33. The minimum atomic E-state index is -3.80. The first kappa shape index (κ1) is 21.8. The Bertz CT molecular complexity index is 911. The van der Waals surface area contributed by atoms with Crippen molar-refractivity contribution in [2.45, 2.75) is 56.0 Å². The molecule has 0 bridgehead atoms. The zero-order valence-electron chi connectivity index (χ0n) is 16.6. The van der Waals surface area contributed by atoms with Crippen molar-refractivity contribution in [2.24, 2.45) is 0 Å². The van der Waals surface area contributed by atoms with Crippen molar-refractivity contribution >= 4 is 27.5 Å². The minimum Gasteiger partial charge on any atom is -0.348 e. The van der Waals surface area contributed by atoms with Gasteiger partial charge in [0, 0.05) is 11.1 Å². The molecule has 1 amide bonds. The molecule has 1 fully saturated rings. The molecule has 1 N–H and O–H groups in total. The summed E-state index contributed by atoms with van der Waals surface area (Å²) in [6, 6.07) is 15.4. The Hall–Kier alpha value is -1.89. The van der Waals surface area contributed by atoms with Gasteiger partial charge in [0.15, 0.2) is 0 Å². The number of carbonyl (C=O) groups excluding carboxylic acids is 1. The zero-order chi connectivity index (χ0) is 20.9. The molecule has 1 atom stereocenters. The number of nitrogens with one attached hydrogen (secondary N) is 1. The second-order valence-electron chi connectivity index (χ2n) is 7.50. The quantitative estimate of drug-likeness (QED) is 0.695. The molecule has 0 spiro atoms. The normalized spacial score (nSPS) is 16.5. The average molecular weight is 435 g/mol. The highest BCUT2D eigenvalue weighted by atomic mass is 35.5. The molecule has 1 aliphatic rings. The van der Waals surface area contributed by atoms with Gasteiger partial charge in [0.25, 0.3) is 0 Å². The molecule has 0 aromatic heterocycles. The van der Waals surface area contributed by atoms with E-state index in [1.165, 1.54) is 16.4 Å². The molecule has 1 aliphatic carbocycles. The maximum Gasteiger partial charge on any atom is 0.243 e. The van der Waals surface area contributed by atoms with E-state index in [0.717, 1.165) is 37.7 Å². The molecule has 0 saturated heterocycles. The molecular weight excluding hydrogens is 408 g/mol. The van der Waals surface area contributed by atoms with Gasteiger partial charge < -0.3 is 5.32 Å². The summed E-state index contributed by atoms with van der Waals surface area (Å²) in [5, 5.41) is 3.41. The maximum atomic E-state index is 13.3. The van der Waals surface area contributed by atoms with Crippen LogP contribution in [0, 0.1) is 0 Å². The highest BCUT2D eigenvalue weighted by molar-refractivity contribution is 7.89. The number of benzene rings is 2. The molecular formula is C22H27ClN2O3S. The number of nitrogens with zero attached hydrogens (tertiary/aromatic N) is 1. The summed E-state index contributed by atoms with van der Waals surface area (Å²) in [6.07, 6.45) is 4.59. The maximum absolute atomic E-state index is 13.3. The summed E-state index contributed by atoms with van der Waals surface area (Å²) in [5.41, 5.74) is 0.977. The lowest BCUT2D eigenvalue weighted by molar-refractivity contribution is -0.122. The van der Waals surface area contributed by atoms with Gasteiger partial charge in [0.1, 0.15) is 0 Å². The van der Waals surface area contributed by atoms with Crippen LogP contribution in [0.5, 0.6) is 0 Å². The molecule has 0 aliphatic heterocycles. The Labute approximate surface area is 178 Å². The summed E-state index contributed by atoms with van der Waals surface area (Å²) in [6.45, 7) is 1.71. The van der Waals surface area contributed by atoms with Crippen molar-refractivity contribution in [3.05, 3.63) is 65.2 Å². The highest BCUT2D eigenvalue weighted by Gasteiger charge is 2.34. The lowest BCUT2D eigenvalue weighted by atomic mass is 9.95. The Morgan fingerprint density at radius 2 is 1.69 bits per heavy atom. The highest BCUT2D eigenvalue weighted by Crippen LogP contribution is 2.28. The molecule has 0 heterocycles. The van der Waals surface area contributed by atoms with Gasteiger partial charge in [0.05, 0.1) is 17.5 Å². The van der Waals surface area contributed by atoms with Crippen LogP contribution < -0.4 is 5.32 Å². The van der Waals surface area contributed by atoms with E-state index in [0.29, 0.717) is 5.02 Å². The Balaban J connectivity index is 1.80. The molecule has 156 valence electrons.